The first-order valence-corrected chi connectivity index (χ1v) is 8.35. The standard InChI is InChI=1S/C19H25N3/c1-13(10-14-2-4-15(12-20)5-3-14)18-11-19(18)22-17-8-6-16(21)7-9-17/h2-5,10,16-19,22H,6-9,11,21H2,1H3/t16-,17+,18?,19?. The van der Waals surface area contributed by atoms with Crippen LogP contribution in [0.3, 0.4) is 0 Å². The Bertz CT molecular complexity index is 574. The van der Waals surface area contributed by atoms with Gasteiger partial charge in [0.15, 0.2) is 0 Å². The highest BCUT2D eigenvalue weighted by molar-refractivity contribution is 5.55. The Balaban J connectivity index is 1.52. The van der Waals surface area contributed by atoms with Gasteiger partial charge in [0.25, 0.3) is 0 Å². The first kappa shape index (κ1) is 15.3. The second kappa shape index (κ2) is 6.64. The Labute approximate surface area is 133 Å². The topological polar surface area (TPSA) is 61.8 Å². The maximum Gasteiger partial charge on any atom is 0.0991 e. The van der Waals surface area contributed by atoms with Crippen LogP contribution in [-0.4, -0.2) is 18.1 Å². The summed E-state index contributed by atoms with van der Waals surface area (Å²) in [6, 6.07) is 11.7. The lowest BCUT2D eigenvalue weighted by atomic mass is 9.92. The lowest BCUT2D eigenvalue weighted by Crippen LogP contribution is -2.38. The maximum absolute atomic E-state index is 8.83. The lowest BCUT2D eigenvalue weighted by molar-refractivity contribution is 0.338. The number of nitrogens with zero attached hydrogens (tertiary/aromatic N) is 1. The van der Waals surface area contributed by atoms with Gasteiger partial charge in [-0.1, -0.05) is 23.8 Å². The molecule has 0 saturated heterocycles. The molecule has 0 aliphatic heterocycles. The Morgan fingerprint density at radius 3 is 2.55 bits per heavy atom. The normalized spacial score (nSPS) is 31.6. The first-order chi connectivity index (χ1) is 10.7. The molecule has 0 heterocycles. The molecule has 3 nitrogen and oxygen atoms in total. The Morgan fingerprint density at radius 1 is 1.23 bits per heavy atom. The zero-order valence-electron chi connectivity index (χ0n) is 13.3. The summed E-state index contributed by atoms with van der Waals surface area (Å²) in [4.78, 5) is 0. The van der Waals surface area contributed by atoms with Gasteiger partial charge in [-0.3, -0.25) is 0 Å². The minimum Gasteiger partial charge on any atom is -0.328 e. The second-order valence-electron chi connectivity index (χ2n) is 6.85. The summed E-state index contributed by atoms with van der Waals surface area (Å²) in [5.41, 5.74) is 9.31. The lowest BCUT2D eigenvalue weighted by Gasteiger charge is -2.27. The minimum absolute atomic E-state index is 0.422. The molecule has 116 valence electrons. The molecule has 2 saturated carbocycles. The summed E-state index contributed by atoms with van der Waals surface area (Å²) in [6.45, 7) is 2.22. The van der Waals surface area contributed by atoms with Crippen LogP contribution < -0.4 is 11.1 Å². The first-order valence-electron chi connectivity index (χ1n) is 8.35. The molecule has 0 aromatic heterocycles. The Kier molecular flexibility index (Phi) is 4.61. The van der Waals surface area contributed by atoms with E-state index >= 15 is 0 Å². The molecule has 2 atom stereocenters. The SMILES string of the molecule is CC(=Cc1ccc(C#N)cc1)C1CC1N[C@H]1CC[C@@H](N)CC1. The smallest absolute Gasteiger partial charge is 0.0991 e. The van der Waals surface area contributed by atoms with Crippen LogP contribution in [0.1, 0.15) is 50.2 Å². The van der Waals surface area contributed by atoms with Gasteiger partial charge in [-0.15, -0.1) is 0 Å². The third kappa shape index (κ3) is 3.76. The molecule has 22 heavy (non-hydrogen) atoms. The van der Waals surface area contributed by atoms with E-state index in [4.69, 9.17) is 11.0 Å². The van der Waals surface area contributed by atoms with Crippen molar-refractivity contribution in [3.8, 4) is 6.07 Å². The predicted molar refractivity (Wildman–Crippen MR) is 90.1 cm³/mol. The van der Waals surface area contributed by atoms with Gasteiger partial charge in [0.1, 0.15) is 0 Å². The summed E-state index contributed by atoms with van der Waals surface area (Å²) in [6.07, 6.45) is 8.28. The predicted octanol–water partition coefficient (Wildman–Crippen LogP) is 3.21. The average Bonchev–Trinajstić information content (AvgIpc) is 3.30. The van der Waals surface area contributed by atoms with Crippen LogP contribution >= 0.6 is 0 Å². The number of nitriles is 1. The summed E-state index contributed by atoms with van der Waals surface area (Å²) >= 11 is 0. The van der Waals surface area contributed by atoms with E-state index in [1.165, 1.54) is 30.4 Å². The molecule has 3 rings (SSSR count). The average molecular weight is 295 g/mol. The van der Waals surface area contributed by atoms with Crippen LogP contribution in [0.2, 0.25) is 0 Å². The van der Waals surface area contributed by atoms with Gasteiger partial charge in [0.05, 0.1) is 11.6 Å². The maximum atomic E-state index is 8.83. The van der Waals surface area contributed by atoms with E-state index in [9.17, 15) is 0 Å². The Hall–Kier alpha value is -1.63. The molecule has 1 aromatic rings. The van der Waals surface area contributed by atoms with E-state index in [-0.39, 0.29) is 0 Å². The molecule has 0 spiro atoms. The molecule has 2 unspecified atom stereocenters. The molecular formula is C19H25N3. The third-order valence-corrected chi connectivity index (χ3v) is 5.03. The zero-order valence-corrected chi connectivity index (χ0v) is 13.3. The molecular weight excluding hydrogens is 270 g/mol. The number of rotatable bonds is 4. The van der Waals surface area contributed by atoms with Crippen LogP contribution in [0.25, 0.3) is 6.08 Å². The van der Waals surface area contributed by atoms with E-state index in [0.717, 1.165) is 18.4 Å². The summed E-state index contributed by atoms with van der Waals surface area (Å²) < 4.78 is 0. The number of hydrogen-bond donors (Lipinski definition) is 2. The van der Waals surface area contributed by atoms with Crippen molar-refractivity contribution in [2.45, 2.75) is 57.2 Å². The molecule has 2 fully saturated rings. The van der Waals surface area contributed by atoms with Gasteiger partial charge in [-0.25, -0.2) is 0 Å². The summed E-state index contributed by atoms with van der Waals surface area (Å²) in [7, 11) is 0. The van der Waals surface area contributed by atoms with E-state index < -0.39 is 0 Å². The molecule has 2 aliphatic rings. The number of hydrogen-bond acceptors (Lipinski definition) is 3. The van der Waals surface area contributed by atoms with E-state index in [2.05, 4.69) is 24.4 Å². The van der Waals surface area contributed by atoms with Gasteiger partial charge in [-0.2, -0.15) is 5.26 Å². The van der Waals surface area contributed by atoms with Crippen molar-refractivity contribution < 1.29 is 0 Å². The minimum atomic E-state index is 0.422. The quantitative estimate of drug-likeness (QED) is 0.896. The van der Waals surface area contributed by atoms with Crippen LogP contribution in [0.15, 0.2) is 29.8 Å². The fourth-order valence-electron chi connectivity index (χ4n) is 3.49. The van der Waals surface area contributed by atoms with Gasteiger partial charge in [0.2, 0.25) is 0 Å². The fraction of sp³-hybridized carbons (Fsp3) is 0.526. The summed E-state index contributed by atoms with van der Waals surface area (Å²) in [5.74, 6) is 0.672. The van der Waals surface area contributed by atoms with Crippen LogP contribution in [0.4, 0.5) is 0 Å². The molecule has 0 amide bonds. The number of nitrogens with two attached hydrogens (primary N) is 1. The highest BCUT2D eigenvalue weighted by atomic mass is 15.0. The highest BCUT2D eigenvalue weighted by Crippen LogP contribution is 2.39. The van der Waals surface area contributed by atoms with E-state index in [1.807, 2.05) is 24.3 Å². The molecule has 0 bridgehead atoms. The second-order valence-corrected chi connectivity index (χ2v) is 6.85. The van der Waals surface area contributed by atoms with Crippen LogP contribution in [-0.2, 0) is 0 Å². The monoisotopic (exact) mass is 295 g/mol. The summed E-state index contributed by atoms with van der Waals surface area (Å²) in [5, 5.41) is 12.6. The van der Waals surface area contributed by atoms with E-state index in [0.29, 0.717) is 24.0 Å². The molecule has 2 aliphatic carbocycles. The van der Waals surface area contributed by atoms with Gasteiger partial charge in [-0.05, 0) is 62.6 Å². The Morgan fingerprint density at radius 2 is 1.91 bits per heavy atom. The van der Waals surface area contributed by atoms with Crippen molar-refractivity contribution in [1.82, 2.24) is 5.32 Å². The molecule has 3 N–H and O–H groups in total. The van der Waals surface area contributed by atoms with Crippen molar-refractivity contribution in [2.75, 3.05) is 0 Å². The van der Waals surface area contributed by atoms with Crippen molar-refractivity contribution in [1.29, 1.82) is 5.26 Å². The molecule has 0 radical (unpaired) electrons. The van der Waals surface area contributed by atoms with E-state index in [1.54, 1.807) is 0 Å². The van der Waals surface area contributed by atoms with Crippen molar-refractivity contribution in [3.63, 3.8) is 0 Å². The van der Waals surface area contributed by atoms with Crippen LogP contribution in [0, 0.1) is 17.2 Å². The van der Waals surface area contributed by atoms with Crippen molar-refractivity contribution in [2.24, 2.45) is 11.7 Å². The number of nitrogens with one attached hydrogen (secondary N) is 1. The molecule has 1 aromatic carbocycles. The van der Waals surface area contributed by atoms with Gasteiger partial charge >= 0.3 is 0 Å². The zero-order chi connectivity index (χ0) is 15.5. The fourth-order valence-corrected chi connectivity index (χ4v) is 3.49. The van der Waals surface area contributed by atoms with Gasteiger partial charge < -0.3 is 11.1 Å². The number of benzene rings is 1. The third-order valence-electron chi connectivity index (χ3n) is 5.03. The molecule has 3 heteroatoms. The highest BCUT2D eigenvalue weighted by Gasteiger charge is 2.39. The van der Waals surface area contributed by atoms with Crippen molar-refractivity contribution in [3.05, 3.63) is 41.0 Å². The van der Waals surface area contributed by atoms with Crippen molar-refractivity contribution >= 4 is 6.08 Å². The largest absolute Gasteiger partial charge is 0.328 e. The van der Waals surface area contributed by atoms with Crippen LogP contribution in [0.5, 0.6) is 0 Å². The van der Waals surface area contributed by atoms with Gasteiger partial charge in [0, 0.05) is 18.1 Å².